The minimum Gasteiger partial charge on any atom is -0.249 e. The Balaban J connectivity index is -0.0000000973. The van der Waals surface area contributed by atoms with Crippen LogP contribution < -0.4 is 0 Å². The summed E-state index contributed by atoms with van der Waals surface area (Å²) in [5.74, 6) is -0.951. The maximum absolute atomic E-state index is 11.9. The van der Waals surface area contributed by atoms with Crippen molar-refractivity contribution in [2.75, 3.05) is 0 Å². The van der Waals surface area contributed by atoms with Crippen LogP contribution >= 0.6 is 0 Å². The average Bonchev–Trinajstić information content (AvgIpc) is 2.51. The molecule has 0 saturated carbocycles. The fraction of sp³-hybridized carbons (Fsp3) is 0.765. The van der Waals surface area contributed by atoms with Gasteiger partial charge in [-0.05, 0) is 0 Å². The molecule has 1 heterocycles. The number of rotatable bonds is 3. The molecule has 1 aliphatic heterocycles. The second-order valence-electron chi connectivity index (χ2n) is 4.29. The van der Waals surface area contributed by atoms with Gasteiger partial charge in [0.05, 0.1) is 0 Å². The standard InChI is InChI=1S/C5H3F2N.3C4H10.Sn/c6-4-2-1-3-8-5(4)7;3*1-3-4-2;/h1,3,5H;3*3-4H2,1-2H3;. The molecule has 1 aliphatic rings. The summed E-state index contributed by atoms with van der Waals surface area (Å²) >= 11 is 0. The Morgan fingerprint density at radius 2 is 1.24 bits per heavy atom. The van der Waals surface area contributed by atoms with E-state index < -0.39 is 12.1 Å². The Bertz CT molecular complexity index is 244. The summed E-state index contributed by atoms with van der Waals surface area (Å²) in [7, 11) is 0. The van der Waals surface area contributed by atoms with Gasteiger partial charge in [-0.3, -0.25) is 0 Å². The van der Waals surface area contributed by atoms with Gasteiger partial charge in [0, 0.05) is 36.2 Å². The van der Waals surface area contributed by atoms with Crippen LogP contribution in [0.15, 0.2) is 22.6 Å². The number of nitrogens with zero attached hydrogens (tertiary/aromatic N) is 1. The molecule has 124 valence electrons. The Morgan fingerprint density at radius 3 is 1.38 bits per heavy atom. The van der Waals surface area contributed by atoms with Gasteiger partial charge in [-0.15, -0.1) is 0 Å². The molecule has 0 N–H and O–H groups in total. The van der Waals surface area contributed by atoms with Crippen molar-refractivity contribution in [3.8, 4) is 0 Å². The van der Waals surface area contributed by atoms with E-state index in [2.05, 4.69) is 46.5 Å². The molecule has 0 spiro atoms. The molecule has 4 heteroatoms. The van der Waals surface area contributed by atoms with Gasteiger partial charge in [-0.1, -0.05) is 85.8 Å². The summed E-state index contributed by atoms with van der Waals surface area (Å²) in [5, 5.41) is 0. The predicted molar refractivity (Wildman–Crippen MR) is 93.6 cm³/mol. The van der Waals surface area contributed by atoms with Gasteiger partial charge in [0.15, 0.2) is 5.83 Å². The molecule has 1 unspecified atom stereocenters. The van der Waals surface area contributed by atoms with E-state index >= 15 is 0 Å². The Labute approximate surface area is 148 Å². The molecule has 4 radical (unpaired) electrons. The molecule has 0 aromatic carbocycles. The van der Waals surface area contributed by atoms with Crippen LogP contribution in [-0.4, -0.2) is 36.4 Å². The van der Waals surface area contributed by atoms with Gasteiger partial charge >= 0.3 is 0 Å². The normalized spacial score (nSPS) is 14.1. The van der Waals surface area contributed by atoms with Crippen LogP contribution in [0.4, 0.5) is 8.78 Å². The van der Waals surface area contributed by atoms with Crippen molar-refractivity contribution in [1.82, 2.24) is 0 Å². The minimum absolute atomic E-state index is 0. The smallest absolute Gasteiger partial charge is 0.248 e. The number of unbranched alkanes of at least 4 members (excludes halogenated alkanes) is 3. The summed E-state index contributed by atoms with van der Waals surface area (Å²) in [6.45, 7) is 13.1. The van der Waals surface area contributed by atoms with Crippen LogP contribution in [0.3, 0.4) is 0 Å². The SMILES string of the molecule is CCCC.CCCC.CCCC.FC1=C=CC=NC1F.[Sn]. The molecule has 0 aromatic rings. The zero-order valence-corrected chi connectivity index (χ0v) is 17.5. The van der Waals surface area contributed by atoms with Crippen molar-refractivity contribution < 1.29 is 8.78 Å². The van der Waals surface area contributed by atoms with E-state index in [4.69, 9.17) is 0 Å². The predicted octanol–water partition coefficient (Wildman–Crippen LogP) is 6.41. The summed E-state index contributed by atoms with van der Waals surface area (Å²) in [4.78, 5) is 3.09. The first kappa shape index (κ1) is 28.9. The van der Waals surface area contributed by atoms with Gasteiger partial charge in [-0.2, -0.15) is 4.39 Å². The zero-order valence-electron chi connectivity index (χ0n) is 14.7. The first-order valence-electron chi connectivity index (χ1n) is 7.83. The van der Waals surface area contributed by atoms with Gasteiger partial charge in [0.1, 0.15) is 0 Å². The zero-order chi connectivity index (χ0) is 16.2. The van der Waals surface area contributed by atoms with Crippen molar-refractivity contribution in [2.45, 2.75) is 86.4 Å². The third kappa shape index (κ3) is 33.0. The maximum Gasteiger partial charge on any atom is 0.248 e. The molecule has 0 aliphatic carbocycles. The third-order valence-electron chi connectivity index (χ3n) is 2.22. The first-order chi connectivity index (χ1) is 9.55. The van der Waals surface area contributed by atoms with Crippen molar-refractivity contribution in [2.24, 2.45) is 4.99 Å². The van der Waals surface area contributed by atoms with E-state index in [-0.39, 0.29) is 23.9 Å². The molecule has 21 heavy (non-hydrogen) atoms. The largest absolute Gasteiger partial charge is 0.249 e. The Hall–Kier alpha value is -0.151. The fourth-order valence-electron chi connectivity index (χ4n) is 0.370. The van der Waals surface area contributed by atoms with E-state index in [0.717, 1.165) is 0 Å². The van der Waals surface area contributed by atoms with Crippen LogP contribution in [-0.2, 0) is 0 Å². The summed E-state index contributed by atoms with van der Waals surface area (Å²) < 4.78 is 23.7. The van der Waals surface area contributed by atoms with E-state index in [1.165, 1.54) is 50.8 Å². The van der Waals surface area contributed by atoms with Gasteiger partial charge in [-0.25, -0.2) is 9.38 Å². The van der Waals surface area contributed by atoms with Crippen molar-refractivity contribution in [3.63, 3.8) is 0 Å². The molecular formula is C17H33F2NSn. The number of alkyl halides is 1. The van der Waals surface area contributed by atoms with Crippen LogP contribution in [0.2, 0.25) is 0 Å². The summed E-state index contributed by atoms with van der Waals surface area (Å²) in [6.07, 6.45) is 8.50. The molecule has 0 bridgehead atoms. The van der Waals surface area contributed by atoms with Gasteiger partial charge < -0.3 is 0 Å². The molecule has 0 saturated heterocycles. The molecule has 0 fully saturated rings. The number of aliphatic imine (C=N–C) groups is 1. The summed E-state index contributed by atoms with van der Waals surface area (Å²) in [5.41, 5.74) is 2.03. The number of hydrogen-bond acceptors (Lipinski definition) is 1. The Kier molecular flexibility index (Phi) is 38.7. The van der Waals surface area contributed by atoms with Crippen LogP contribution in [0.1, 0.15) is 80.1 Å². The van der Waals surface area contributed by atoms with E-state index in [9.17, 15) is 8.78 Å². The van der Waals surface area contributed by atoms with E-state index in [1.54, 1.807) is 0 Å². The van der Waals surface area contributed by atoms with Crippen LogP contribution in [0.25, 0.3) is 0 Å². The fourth-order valence-corrected chi connectivity index (χ4v) is 0.370. The second kappa shape index (κ2) is 28.1. The average molecular weight is 408 g/mol. The van der Waals surface area contributed by atoms with Crippen molar-refractivity contribution in [3.05, 3.63) is 17.6 Å². The van der Waals surface area contributed by atoms with Gasteiger partial charge in [0.25, 0.3) is 0 Å². The first-order valence-corrected chi connectivity index (χ1v) is 7.83. The van der Waals surface area contributed by atoms with Crippen LogP contribution in [0, 0.1) is 0 Å². The monoisotopic (exact) mass is 409 g/mol. The summed E-state index contributed by atoms with van der Waals surface area (Å²) in [6, 6.07) is 0. The topological polar surface area (TPSA) is 12.4 Å². The molecular weight excluding hydrogens is 375 g/mol. The van der Waals surface area contributed by atoms with E-state index in [0.29, 0.717) is 0 Å². The van der Waals surface area contributed by atoms with Crippen molar-refractivity contribution in [1.29, 1.82) is 0 Å². The Morgan fingerprint density at radius 1 is 0.905 bits per heavy atom. The third-order valence-corrected chi connectivity index (χ3v) is 2.22. The molecule has 0 aromatic heterocycles. The molecule has 1 nitrogen and oxygen atoms in total. The molecule has 1 rings (SSSR count). The maximum atomic E-state index is 11.9. The number of halogens is 2. The molecule has 0 amide bonds. The van der Waals surface area contributed by atoms with Crippen LogP contribution in [0.5, 0.6) is 0 Å². The quantitative estimate of drug-likeness (QED) is 0.291. The van der Waals surface area contributed by atoms with Crippen molar-refractivity contribution >= 4 is 30.1 Å². The second-order valence-corrected chi connectivity index (χ2v) is 4.29. The minimum atomic E-state index is -1.82. The number of hydrogen-bond donors (Lipinski definition) is 0. The van der Waals surface area contributed by atoms with Gasteiger partial charge in [0.2, 0.25) is 6.30 Å². The van der Waals surface area contributed by atoms with E-state index in [1.807, 2.05) is 5.73 Å². The molecule has 1 atom stereocenters.